The van der Waals surface area contributed by atoms with Gasteiger partial charge in [-0.25, -0.2) is 0 Å². The van der Waals surface area contributed by atoms with Gasteiger partial charge < -0.3 is 0 Å². The second kappa shape index (κ2) is 8.37. The summed E-state index contributed by atoms with van der Waals surface area (Å²) < 4.78 is 4.59. The summed E-state index contributed by atoms with van der Waals surface area (Å²) in [6, 6.07) is 10.6. The fraction of sp³-hybridized carbons (Fsp3) is 0.462. The van der Waals surface area contributed by atoms with Gasteiger partial charge in [-0.05, 0) is 0 Å². The topological polar surface area (TPSA) is 26.3 Å². The molecule has 0 amide bonds. The van der Waals surface area contributed by atoms with E-state index in [2.05, 4.69) is 29.0 Å². The van der Waals surface area contributed by atoms with Crippen molar-refractivity contribution >= 4 is 20.9 Å². The number of carbonyl (C=O) groups is 1. The van der Waals surface area contributed by atoms with Crippen LogP contribution in [-0.4, -0.2) is 28.0 Å². The Balaban J connectivity index is 1.98. The van der Waals surface area contributed by atoms with Gasteiger partial charge in [0, 0.05) is 0 Å². The quantitative estimate of drug-likeness (QED) is 0.437. The molecule has 0 N–H and O–H groups in total. The van der Waals surface area contributed by atoms with Crippen LogP contribution >= 0.6 is 0 Å². The van der Waals surface area contributed by atoms with Crippen LogP contribution in [0.25, 0.3) is 0 Å². The molecule has 0 aliphatic rings. The number of unbranched alkanes of at least 4 members (excludes halogenated alkanes) is 1. The Kier molecular flexibility index (Phi) is 6.95. The van der Waals surface area contributed by atoms with Crippen LogP contribution < -0.4 is 0 Å². The molecule has 0 aliphatic carbocycles. The summed E-state index contributed by atoms with van der Waals surface area (Å²) in [7, 11) is 1.45. The molecule has 1 aromatic carbocycles. The van der Waals surface area contributed by atoms with Crippen LogP contribution in [0.4, 0.5) is 0 Å². The molecule has 1 aromatic rings. The molecule has 0 spiro atoms. The number of hydrogen-bond acceptors (Lipinski definition) is 2. The number of rotatable bonds is 7. The van der Waals surface area contributed by atoms with Gasteiger partial charge in [0.25, 0.3) is 0 Å². The van der Waals surface area contributed by atoms with E-state index in [0.29, 0.717) is 21.4 Å². The summed E-state index contributed by atoms with van der Waals surface area (Å²) in [4.78, 5) is 10.8. The first-order valence-corrected chi connectivity index (χ1v) is 7.93. The summed E-state index contributed by atoms with van der Waals surface area (Å²) in [6.07, 6.45) is 2.67. The third kappa shape index (κ3) is 5.94. The molecule has 0 heterocycles. The zero-order valence-corrected chi connectivity index (χ0v) is 11.4. The molecule has 3 heteroatoms. The van der Waals surface area contributed by atoms with E-state index in [9.17, 15) is 4.79 Å². The summed E-state index contributed by atoms with van der Waals surface area (Å²) in [6.45, 7) is 0. The standard InChI is InChI=1S/C13H18O2Se/c1-15-13(14)9-5-6-10-16-11-12-7-3-2-4-8-12/h2-4,7-8H,5-6,9-11H2,1H3. The number of methoxy groups -OCH3 is 1. The Morgan fingerprint density at radius 1 is 1.25 bits per heavy atom. The van der Waals surface area contributed by atoms with E-state index in [1.165, 1.54) is 23.3 Å². The van der Waals surface area contributed by atoms with E-state index in [1.54, 1.807) is 0 Å². The fourth-order valence-electron chi connectivity index (χ4n) is 1.34. The number of carbonyl (C=O) groups excluding carboxylic acids is 1. The first kappa shape index (κ1) is 13.3. The summed E-state index contributed by atoms with van der Waals surface area (Å²) >= 11 is 0.664. The van der Waals surface area contributed by atoms with Crippen LogP contribution in [0.1, 0.15) is 24.8 Å². The third-order valence-corrected chi connectivity index (χ3v) is 4.60. The summed E-state index contributed by atoms with van der Waals surface area (Å²) in [5, 5.41) is 2.45. The zero-order valence-electron chi connectivity index (χ0n) is 9.65. The first-order valence-electron chi connectivity index (χ1n) is 5.51. The Morgan fingerprint density at radius 2 is 2.00 bits per heavy atom. The molecule has 0 atom stereocenters. The number of esters is 1. The van der Waals surface area contributed by atoms with Crippen LogP contribution in [-0.2, 0) is 14.9 Å². The minimum atomic E-state index is -0.0874. The van der Waals surface area contributed by atoms with Crippen molar-refractivity contribution in [2.75, 3.05) is 7.11 Å². The van der Waals surface area contributed by atoms with Gasteiger partial charge in [0.15, 0.2) is 0 Å². The molecular weight excluding hydrogens is 267 g/mol. The molecule has 88 valence electrons. The zero-order chi connectivity index (χ0) is 11.6. The van der Waals surface area contributed by atoms with E-state index in [1.807, 2.05) is 6.07 Å². The molecule has 16 heavy (non-hydrogen) atoms. The molecule has 0 aromatic heterocycles. The van der Waals surface area contributed by atoms with Crippen LogP contribution in [0.2, 0.25) is 5.32 Å². The maximum atomic E-state index is 10.8. The van der Waals surface area contributed by atoms with Crippen molar-refractivity contribution in [3.8, 4) is 0 Å². The Labute approximate surface area is 104 Å². The van der Waals surface area contributed by atoms with E-state index in [0.717, 1.165) is 12.8 Å². The van der Waals surface area contributed by atoms with E-state index < -0.39 is 0 Å². The Morgan fingerprint density at radius 3 is 2.69 bits per heavy atom. The molecule has 0 saturated carbocycles. The van der Waals surface area contributed by atoms with Crippen molar-refractivity contribution in [3.05, 3.63) is 35.9 Å². The van der Waals surface area contributed by atoms with Crippen LogP contribution in [0.5, 0.6) is 0 Å². The van der Waals surface area contributed by atoms with Crippen LogP contribution in [0.15, 0.2) is 30.3 Å². The average Bonchev–Trinajstić information content (AvgIpc) is 2.34. The number of ether oxygens (including phenoxy) is 1. The van der Waals surface area contributed by atoms with E-state index >= 15 is 0 Å². The van der Waals surface area contributed by atoms with Crippen LogP contribution in [0, 0.1) is 0 Å². The molecule has 0 unspecified atom stereocenters. The fourth-order valence-corrected chi connectivity index (χ4v) is 3.40. The summed E-state index contributed by atoms with van der Waals surface area (Å²) in [5.41, 5.74) is 1.43. The molecule has 0 aliphatic heterocycles. The van der Waals surface area contributed by atoms with Crippen molar-refractivity contribution < 1.29 is 9.53 Å². The molecular formula is C13H18O2Se. The van der Waals surface area contributed by atoms with Gasteiger partial charge in [0.05, 0.1) is 0 Å². The van der Waals surface area contributed by atoms with Crippen LogP contribution in [0.3, 0.4) is 0 Å². The second-order valence-corrected chi connectivity index (χ2v) is 5.89. The third-order valence-electron chi connectivity index (χ3n) is 2.26. The summed E-state index contributed by atoms with van der Waals surface area (Å²) in [5.74, 6) is -0.0874. The predicted octanol–water partition coefficient (Wildman–Crippen LogP) is 2.65. The maximum absolute atomic E-state index is 10.8. The van der Waals surface area contributed by atoms with Gasteiger partial charge >= 0.3 is 103 Å². The van der Waals surface area contributed by atoms with Crippen molar-refractivity contribution in [3.63, 3.8) is 0 Å². The van der Waals surface area contributed by atoms with Crippen molar-refractivity contribution in [2.45, 2.75) is 29.9 Å². The normalized spacial score (nSPS) is 10.1. The molecule has 0 fully saturated rings. The van der Waals surface area contributed by atoms with Crippen molar-refractivity contribution in [2.24, 2.45) is 0 Å². The number of benzene rings is 1. The molecule has 1 rings (SSSR count). The van der Waals surface area contributed by atoms with Gasteiger partial charge in [-0.15, -0.1) is 0 Å². The van der Waals surface area contributed by atoms with Crippen molar-refractivity contribution in [1.29, 1.82) is 0 Å². The van der Waals surface area contributed by atoms with Gasteiger partial charge in [0.2, 0.25) is 0 Å². The average molecular weight is 285 g/mol. The van der Waals surface area contributed by atoms with Gasteiger partial charge in [-0.3, -0.25) is 0 Å². The minimum absolute atomic E-state index is 0.0874. The van der Waals surface area contributed by atoms with Gasteiger partial charge in [-0.1, -0.05) is 0 Å². The second-order valence-electron chi connectivity index (χ2n) is 3.57. The molecule has 0 bridgehead atoms. The Bertz CT molecular complexity index is 298. The SMILES string of the molecule is COC(=O)CCCC[Se]Cc1ccccc1. The molecule has 2 nitrogen and oxygen atoms in total. The molecule has 0 radical (unpaired) electrons. The monoisotopic (exact) mass is 286 g/mol. The van der Waals surface area contributed by atoms with Crippen molar-refractivity contribution in [1.82, 2.24) is 0 Å². The number of hydrogen-bond donors (Lipinski definition) is 0. The Hall–Kier alpha value is -0.791. The van der Waals surface area contributed by atoms with Gasteiger partial charge in [0.1, 0.15) is 0 Å². The molecule has 0 saturated heterocycles. The first-order chi connectivity index (χ1) is 7.83. The predicted molar refractivity (Wildman–Crippen MR) is 66.6 cm³/mol. The van der Waals surface area contributed by atoms with Gasteiger partial charge in [-0.2, -0.15) is 0 Å². The van der Waals surface area contributed by atoms with E-state index in [4.69, 9.17) is 0 Å². The van der Waals surface area contributed by atoms with E-state index in [-0.39, 0.29) is 5.97 Å².